The summed E-state index contributed by atoms with van der Waals surface area (Å²) in [7, 11) is 1.73. The van der Waals surface area contributed by atoms with Gasteiger partial charge in [0.15, 0.2) is 0 Å². The van der Waals surface area contributed by atoms with Gasteiger partial charge in [-0.3, -0.25) is 0 Å². The van der Waals surface area contributed by atoms with Gasteiger partial charge in [0.2, 0.25) is 0 Å². The molecule has 0 amide bonds. The van der Waals surface area contributed by atoms with Gasteiger partial charge in [0.1, 0.15) is 0 Å². The summed E-state index contributed by atoms with van der Waals surface area (Å²) in [5.74, 6) is 5.87. The zero-order chi connectivity index (χ0) is 10.4. The topological polar surface area (TPSA) is 44.5 Å². The highest BCUT2D eigenvalue weighted by Gasteiger charge is 2.38. The van der Waals surface area contributed by atoms with Crippen molar-refractivity contribution in [2.45, 2.75) is 37.8 Å². The first kappa shape index (κ1) is 11.5. The van der Waals surface area contributed by atoms with Gasteiger partial charge >= 0.3 is 0 Å². The maximum atomic E-state index is 6.10. The van der Waals surface area contributed by atoms with E-state index in [2.05, 4.69) is 11.8 Å². The summed E-state index contributed by atoms with van der Waals surface area (Å²) in [4.78, 5) is 0. The summed E-state index contributed by atoms with van der Waals surface area (Å²) < 4.78 is 10.9. The van der Waals surface area contributed by atoms with E-state index in [0.29, 0.717) is 6.42 Å². The summed E-state index contributed by atoms with van der Waals surface area (Å²) in [5, 5.41) is 0. The van der Waals surface area contributed by atoms with E-state index in [1.54, 1.807) is 7.11 Å². The van der Waals surface area contributed by atoms with Crippen LogP contribution in [0.25, 0.3) is 0 Å². The first-order chi connectivity index (χ1) is 6.75. The Balaban J connectivity index is 2.60. The molecule has 0 aromatic rings. The predicted octanol–water partition coefficient (Wildman–Crippen LogP) is 0.923. The van der Waals surface area contributed by atoms with Crippen LogP contribution in [0.15, 0.2) is 0 Å². The highest BCUT2D eigenvalue weighted by molar-refractivity contribution is 5.03. The third-order valence-corrected chi connectivity index (χ3v) is 2.92. The molecule has 1 aliphatic heterocycles. The normalized spacial score (nSPS) is 22.2. The fraction of sp³-hybridized carbons (Fsp3) is 0.818. The standard InChI is InChI=1S/C11H19NO2/c1-3-4-5-10(12)11(13-2)6-8-14-9-7-11/h10H,5-9,12H2,1-2H3. The first-order valence-corrected chi connectivity index (χ1v) is 5.03. The molecule has 80 valence electrons. The Morgan fingerprint density at radius 2 is 2.14 bits per heavy atom. The second-order valence-corrected chi connectivity index (χ2v) is 3.62. The van der Waals surface area contributed by atoms with Gasteiger partial charge in [-0.1, -0.05) is 0 Å². The Morgan fingerprint density at radius 3 is 2.64 bits per heavy atom. The van der Waals surface area contributed by atoms with Crippen molar-refractivity contribution in [2.24, 2.45) is 5.73 Å². The number of ether oxygens (including phenoxy) is 2. The van der Waals surface area contributed by atoms with E-state index in [0.717, 1.165) is 26.1 Å². The molecule has 0 aromatic carbocycles. The third kappa shape index (κ3) is 2.48. The predicted molar refractivity (Wildman–Crippen MR) is 55.8 cm³/mol. The minimum Gasteiger partial charge on any atom is -0.381 e. The largest absolute Gasteiger partial charge is 0.381 e. The Bertz CT molecular complexity index is 223. The maximum Gasteiger partial charge on any atom is 0.0881 e. The molecule has 1 heterocycles. The van der Waals surface area contributed by atoms with E-state index in [4.69, 9.17) is 15.2 Å². The zero-order valence-electron chi connectivity index (χ0n) is 9.01. The Kier molecular flexibility index (Phi) is 4.40. The minimum atomic E-state index is -0.220. The van der Waals surface area contributed by atoms with Crippen LogP contribution >= 0.6 is 0 Å². The molecule has 0 radical (unpaired) electrons. The first-order valence-electron chi connectivity index (χ1n) is 5.03. The lowest BCUT2D eigenvalue weighted by Crippen LogP contribution is -2.52. The van der Waals surface area contributed by atoms with Crippen molar-refractivity contribution >= 4 is 0 Å². The number of hydrogen-bond acceptors (Lipinski definition) is 3. The van der Waals surface area contributed by atoms with Gasteiger partial charge < -0.3 is 15.2 Å². The van der Waals surface area contributed by atoms with Gasteiger partial charge in [-0.2, -0.15) is 0 Å². The third-order valence-electron chi connectivity index (χ3n) is 2.92. The fourth-order valence-electron chi connectivity index (χ4n) is 1.84. The fourth-order valence-corrected chi connectivity index (χ4v) is 1.84. The van der Waals surface area contributed by atoms with Crippen molar-refractivity contribution in [2.75, 3.05) is 20.3 Å². The van der Waals surface area contributed by atoms with Crippen LogP contribution in [0.1, 0.15) is 26.2 Å². The maximum absolute atomic E-state index is 6.10. The lowest BCUT2D eigenvalue weighted by molar-refractivity contribution is -0.103. The average molecular weight is 197 g/mol. The van der Waals surface area contributed by atoms with Gasteiger partial charge in [0.25, 0.3) is 0 Å². The Morgan fingerprint density at radius 1 is 1.50 bits per heavy atom. The van der Waals surface area contributed by atoms with Crippen LogP contribution in [0.5, 0.6) is 0 Å². The summed E-state index contributed by atoms with van der Waals surface area (Å²) >= 11 is 0. The number of hydrogen-bond donors (Lipinski definition) is 1. The van der Waals surface area contributed by atoms with Crippen LogP contribution in [0, 0.1) is 11.8 Å². The van der Waals surface area contributed by atoms with Crippen molar-refractivity contribution in [3.05, 3.63) is 0 Å². The molecule has 1 atom stereocenters. The van der Waals surface area contributed by atoms with Gasteiger partial charge in [-0.25, -0.2) is 0 Å². The summed E-state index contributed by atoms with van der Waals surface area (Å²) in [6, 6.07) is -0.0103. The van der Waals surface area contributed by atoms with Crippen LogP contribution in [0.3, 0.4) is 0 Å². The van der Waals surface area contributed by atoms with E-state index in [-0.39, 0.29) is 11.6 Å². The molecule has 0 aromatic heterocycles. The van der Waals surface area contributed by atoms with E-state index >= 15 is 0 Å². The molecule has 0 bridgehead atoms. The molecular formula is C11H19NO2. The van der Waals surface area contributed by atoms with Crippen LogP contribution in [0.2, 0.25) is 0 Å². The molecule has 1 rings (SSSR count). The smallest absolute Gasteiger partial charge is 0.0881 e. The molecule has 0 aliphatic carbocycles. The quantitative estimate of drug-likeness (QED) is 0.684. The van der Waals surface area contributed by atoms with Crippen LogP contribution in [-0.2, 0) is 9.47 Å². The van der Waals surface area contributed by atoms with Gasteiger partial charge in [-0.15, -0.1) is 11.8 Å². The molecule has 2 N–H and O–H groups in total. The van der Waals surface area contributed by atoms with Crippen molar-refractivity contribution in [3.63, 3.8) is 0 Å². The van der Waals surface area contributed by atoms with Crippen LogP contribution in [0.4, 0.5) is 0 Å². The molecule has 1 fully saturated rings. The van der Waals surface area contributed by atoms with Crippen molar-refractivity contribution in [3.8, 4) is 11.8 Å². The van der Waals surface area contributed by atoms with Crippen LogP contribution in [-0.4, -0.2) is 32.0 Å². The van der Waals surface area contributed by atoms with Crippen molar-refractivity contribution < 1.29 is 9.47 Å². The minimum absolute atomic E-state index is 0.0103. The molecule has 0 saturated carbocycles. The zero-order valence-corrected chi connectivity index (χ0v) is 9.01. The lowest BCUT2D eigenvalue weighted by Gasteiger charge is -2.39. The van der Waals surface area contributed by atoms with Crippen LogP contribution < -0.4 is 5.73 Å². The molecular weight excluding hydrogens is 178 g/mol. The highest BCUT2D eigenvalue weighted by atomic mass is 16.5. The summed E-state index contributed by atoms with van der Waals surface area (Å²) in [6.45, 7) is 3.30. The second kappa shape index (κ2) is 5.35. The average Bonchev–Trinajstić information content (AvgIpc) is 2.26. The van der Waals surface area contributed by atoms with Crippen molar-refractivity contribution in [1.29, 1.82) is 0 Å². The van der Waals surface area contributed by atoms with Gasteiger partial charge in [0.05, 0.1) is 5.60 Å². The second-order valence-electron chi connectivity index (χ2n) is 3.62. The number of methoxy groups -OCH3 is 1. The van der Waals surface area contributed by atoms with E-state index in [1.807, 2.05) is 6.92 Å². The number of nitrogens with two attached hydrogens (primary N) is 1. The summed E-state index contributed by atoms with van der Waals surface area (Å²) in [6.07, 6.45) is 2.44. The molecule has 3 heteroatoms. The van der Waals surface area contributed by atoms with E-state index in [1.165, 1.54) is 0 Å². The molecule has 14 heavy (non-hydrogen) atoms. The Labute approximate surface area is 85.9 Å². The summed E-state index contributed by atoms with van der Waals surface area (Å²) in [5.41, 5.74) is 5.88. The Hall–Kier alpha value is -0.560. The van der Waals surface area contributed by atoms with E-state index < -0.39 is 0 Å². The molecule has 0 spiro atoms. The molecule has 1 aliphatic rings. The SMILES string of the molecule is CC#CCC(N)C1(OC)CCOCC1. The van der Waals surface area contributed by atoms with Crippen molar-refractivity contribution in [1.82, 2.24) is 0 Å². The number of rotatable bonds is 3. The van der Waals surface area contributed by atoms with Gasteiger partial charge in [-0.05, 0) is 6.92 Å². The molecule has 1 unspecified atom stereocenters. The van der Waals surface area contributed by atoms with E-state index in [9.17, 15) is 0 Å². The highest BCUT2D eigenvalue weighted by Crippen LogP contribution is 2.28. The molecule has 3 nitrogen and oxygen atoms in total. The molecule has 1 saturated heterocycles. The monoisotopic (exact) mass is 197 g/mol. The van der Waals surface area contributed by atoms with Gasteiger partial charge in [0, 0.05) is 45.6 Å². The lowest BCUT2D eigenvalue weighted by atomic mass is 9.85.